The molecule has 0 aliphatic carbocycles. The Kier molecular flexibility index (Phi) is 9.24. The Labute approximate surface area is 183 Å². The number of carbonyl (C=O) groups excluding carboxylic acids is 2. The average Bonchev–Trinajstić information content (AvgIpc) is 2.79. The molecule has 2 saturated heterocycles. The molecule has 0 spiro atoms. The van der Waals surface area contributed by atoms with Crippen molar-refractivity contribution in [2.75, 3.05) is 32.8 Å². The zero-order valence-corrected chi connectivity index (χ0v) is 18.0. The molecule has 2 aliphatic rings. The van der Waals surface area contributed by atoms with Crippen LogP contribution in [0.5, 0.6) is 0 Å². The summed E-state index contributed by atoms with van der Waals surface area (Å²) >= 11 is 0. The number of ether oxygens (including phenoxy) is 1. The summed E-state index contributed by atoms with van der Waals surface area (Å²) < 4.78 is 19.0. The highest BCUT2D eigenvalue weighted by atomic mass is 19.1. The Morgan fingerprint density at radius 2 is 1.87 bits per heavy atom. The van der Waals surface area contributed by atoms with Crippen LogP contribution in [0.1, 0.15) is 55.3 Å². The number of benzene rings is 1. The van der Waals surface area contributed by atoms with Gasteiger partial charge in [-0.05, 0) is 69.5 Å². The summed E-state index contributed by atoms with van der Waals surface area (Å²) in [5.74, 6) is -0.650. The average molecular weight is 436 g/mol. The highest BCUT2D eigenvalue weighted by Crippen LogP contribution is 2.22. The summed E-state index contributed by atoms with van der Waals surface area (Å²) in [5.41, 5.74) is 0.368. The van der Waals surface area contributed by atoms with E-state index in [2.05, 4.69) is 15.5 Å². The zero-order chi connectivity index (χ0) is 22.1. The van der Waals surface area contributed by atoms with E-state index in [0.29, 0.717) is 31.4 Å². The summed E-state index contributed by atoms with van der Waals surface area (Å²) in [6, 6.07) is 5.04. The molecule has 3 N–H and O–H groups in total. The van der Waals surface area contributed by atoms with Gasteiger partial charge in [-0.25, -0.2) is 4.39 Å². The van der Waals surface area contributed by atoms with Crippen molar-refractivity contribution in [1.82, 2.24) is 15.5 Å². The lowest BCUT2D eigenvalue weighted by molar-refractivity contribution is -0.122. The first-order valence-corrected chi connectivity index (χ1v) is 11.4. The first kappa shape index (κ1) is 23.6. The molecule has 31 heavy (non-hydrogen) atoms. The van der Waals surface area contributed by atoms with Crippen molar-refractivity contribution in [3.8, 4) is 0 Å². The predicted molar refractivity (Wildman–Crippen MR) is 115 cm³/mol. The predicted octanol–water partition coefficient (Wildman–Crippen LogP) is 1.85. The van der Waals surface area contributed by atoms with E-state index in [0.717, 1.165) is 26.1 Å². The maximum absolute atomic E-state index is 13.0. The second-order valence-electron chi connectivity index (χ2n) is 8.43. The molecule has 2 aliphatic heterocycles. The lowest BCUT2D eigenvalue weighted by Crippen LogP contribution is -2.51. The minimum Gasteiger partial charge on any atom is -0.394 e. The van der Waals surface area contributed by atoms with Gasteiger partial charge < -0.3 is 25.4 Å². The zero-order valence-electron chi connectivity index (χ0n) is 18.0. The van der Waals surface area contributed by atoms with Crippen molar-refractivity contribution < 1.29 is 23.8 Å². The Morgan fingerprint density at radius 3 is 2.58 bits per heavy atom. The van der Waals surface area contributed by atoms with Gasteiger partial charge in [0.05, 0.1) is 18.8 Å². The molecule has 0 radical (unpaired) electrons. The fourth-order valence-corrected chi connectivity index (χ4v) is 4.27. The molecule has 8 heteroatoms. The third kappa shape index (κ3) is 7.55. The number of likely N-dealkylation sites (tertiary alicyclic amines) is 1. The van der Waals surface area contributed by atoms with E-state index in [1.54, 1.807) is 0 Å². The number of amides is 2. The Morgan fingerprint density at radius 1 is 1.13 bits per heavy atom. The van der Waals surface area contributed by atoms with Gasteiger partial charge in [-0.1, -0.05) is 6.42 Å². The SMILES string of the molecule is O=C(CCN1CCCCC1)NCC[C@@H]1CC[C@@H](NC(=O)c2ccc(F)cc2)[C@@H](CO)O1. The molecule has 1 aromatic rings. The van der Waals surface area contributed by atoms with Crippen molar-refractivity contribution in [1.29, 1.82) is 0 Å². The highest BCUT2D eigenvalue weighted by molar-refractivity contribution is 5.94. The van der Waals surface area contributed by atoms with Crippen LogP contribution >= 0.6 is 0 Å². The normalized spacial score (nSPS) is 24.5. The van der Waals surface area contributed by atoms with Crippen LogP contribution in [0.15, 0.2) is 24.3 Å². The molecule has 2 amide bonds. The number of aliphatic hydroxyl groups excluding tert-OH is 1. The van der Waals surface area contributed by atoms with Crippen molar-refractivity contribution in [2.45, 2.75) is 63.2 Å². The van der Waals surface area contributed by atoms with Crippen molar-refractivity contribution in [3.63, 3.8) is 0 Å². The monoisotopic (exact) mass is 435 g/mol. The van der Waals surface area contributed by atoms with Crippen LogP contribution in [-0.4, -0.2) is 72.9 Å². The van der Waals surface area contributed by atoms with Gasteiger partial charge in [-0.15, -0.1) is 0 Å². The first-order valence-electron chi connectivity index (χ1n) is 11.4. The number of nitrogens with one attached hydrogen (secondary N) is 2. The lowest BCUT2D eigenvalue weighted by Gasteiger charge is -2.36. The maximum atomic E-state index is 13.0. The summed E-state index contributed by atoms with van der Waals surface area (Å²) in [7, 11) is 0. The maximum Gasteiger partial charge on any atom is 0.251 e. The summed E-state index contributed by atoms with van der Waals surface area (Å²) in [4.78, 5) is 26.8. The topological polar surface area (TPSA) is 90.9 Å². The van der Waals surface area contributed by atoms with E-state index in [-0.39, 0.29) is 30.6 Å². The molecule has 0 unspecified atom stereocenters. The molecule has 0 bridgehead atoms. The smallest absolute Gasteiger partial charge is 0.251 e. The Bertz CT molecular complexity index is 709. The molecule has 7 nitrogen and oxygen atoms in total. The van der Waals surface area contributed by atoms with E-state index in [1.165, 1.54) is 43.5 Å². The van der Waals surface area contributed by atoms with Gasteiger partial charge in [-0.2, -0.15) is 0 Å². The molecule has 2 fully saturated rings. The van der Waals surface area contributed by atoms with Crippen LogP contribution < -0.4 is 10.6 Å². The van der Waals surface area contributed by atoms with E-state index < -0.39 is 11.9 Å². The fraction of sp³-hybridized carbons (Fsp3) is 0.652. The van der Waals surface area contributed by atoms with Crippen molar-refractivity contribution in [3.05, 3.63) is 35.6 Å². The molecule has 3 atom stereocenters. The number of aliphatic hydroxyl groups is 1. The summed E-state index contributed by atoms with van der Waals surface area (Å²) in [6.07, 6.45) is 5.75. The van der Waals surface area contributed by atoms with Crippen LogP contribution in [0, 0.1) is 5.82 Å². The first-order chi connectivity index (χ1) is 15.0. The van der Waals surface area contributed by atoms with Crippen LogP contribution in [0.2, 0.25) is 0 Å². The molecule has 3 rings (SSSR count). The number of hydrogen-bond acceptors (Lipinski definition) is 5. The largest absolute Gasteiger partial charge is 0.394 e. The van der Waals surface area contributed by atoms with Crippen molar-refractivity contribution in [2.24, 2.45) is 0 Å². The minimum absolute atomic E-state index is 0.0597. The van der Waals surface area contributed by atoms with E-state index in [4.69, 9.17) is 4.74 Å². The third-order valence-corrected chi connectivity index (χ3v) is 6.11. The molecule has 1 aromatic carbocycles. The molecule has 0 aromatic heterocycles. The standard InChI is InChI=1S/C23H34FN3O4/c24-18-6-4-17(5-7-18)23(30)26-20-9-8-19(31-21(20)16-28)10-12-25-22(29)11-15-27-13-2-1-3-14-27/h4-7,19-21,28H,1-3,8-16H2,(H,25,29)(H,26,30)/t19-,20+,21+/m0/s1. The Hall–Kier alpha value is -2.03. The molecular formula is C23H34FN3O4. The number of nitrogens with zero attached hydrogens (tertiary/aromatic N) is 1. The summed E-state index contributed by atoms with van der Waals surface area (Å²) in [6.45, 7) is 3.32. The second-order valence-corrected chi connectivity index (χ2v) is 8.43. The Balaban J connectivity index is 1.35. The molecule has 172 valence electrons. The quantitative estimate of drug-likeness (QED) is 0.551. The van der Waals surface area contributed by atoms with E-state index in [9.17, 15) is 19.1 Å². The third-order valence-electron chi connectivity index (χ3n) is 6.11. The molecular weight excluding hydrogens is 401 g/mol. The van der Waals surface area contributed by atoms with Crippen LogP contribution in [-0.2, 0) is 9.53 Å². The van der Waals surface area contributed by atoms with Gasteiger partial charge in [0.2, 0.25) is 5.91 Å². The molecule has 2 heterocycles. The number of piperidine rings is 1. The van der Waals surface area contributed by atoms with Gasteiger partial charge in [0.15, 0.2) is 0 Å². The van der Waals surface area contributed by atoms with Gasteiger partial charge in [-0.3, -0.25) is 9.59 Å². The lowest BCUT2D eigenvalue weighted by atomic mass is 9.96. The van der Waals surface area contributed by atoms with Crippen LogP contribution in [0.25, 0.3) is 0 Å². The van der Waals surface area contributed by atoms with Gasteiger partial charge in [0.1, 0.15) is 11.9 Å². The highest BCUT2D eigenvalue weighted by Gasteiger charge is 2.32. The van der Waals surface area contributed by atoms with Gasteiger partial charge in [0, 0.05) is 25.1 Å². The minimum atomic E-state index is -0.502. The van der Waals surface area contributed by atoms with Gasteiger partial charge >= 0.3 is 0 Å². The van der Waals surface area contributed by atoms with E-state index in [1.807, 2.05) is 0 Å². The number of halogens is 1. The summed E-state index contributed by atoms with van der Waals surface area (Å²) in [5, 5.41) is 15.5. The second kappa shape index (κ2) is 12.1. The number of carbonyl (C=O) groups is 2. The van der Waals surface area contributed by atoms with Crippen LogP contribution in [0.3, 0.4) is 0 Å². The number of hydrogen-bond donors (Lipinski definition) is 3. The molecule has 0 saturated carbocycles. The number of rotatable bonds is 9. The van der Waals surface area contributed by atoms with E-state index >= 15 is 0 Å². The van der Waals surface area contributed by atoms with Crippen LogP contribution in [0.4, 0.5) is 4.39 Å². The van der Waals surface area contributed by atoms with Crippen molar-refractivity contribution >= 4 is 11.8 Å². The van der Waals surface area contributed by atoms with Gasteiger partial charge in [0.25, 0.3) is 5.91 Å². The fourth-order valence-electron chi connectivity index (χ4n) is 4.27.